The first-order chi connectivity index (χ1) is 6.15. The molecule has 1 heterocycles. The summed E-state index contributed by atoms with van der Waals surface area (Å²) in [5.41, 5.74) is 6.60. The molecule has 0 spiro atoms. The van der Waals surface area contributed by atoms with Gasteiger partial charge in [-0.25, -0.2) is 0 Å². The van der Waals surface area contributed by atoms with Crippen LogP contribution in [0.1, 0.15) is 31.5 Å². The van der Waals surface area contributed by atoms with Crippen molar-refractivity contribution < 1.29 is 0 Å². The number of aromatic nitrogens is 1. The van der Waals surface area contributed by atoms with E-state index in [4.69, 9.17) is 28.9 Å². The first kappa shape index (κ1) is 10.8. The minimum atomic E-state index is -0.0882. The molecule has 0 fully saturated rings. The van der Waals surface area contributed by atoms with Gasteiger partial charge in [-0.1, -0.05) is 36.5 Å². The van der Waals surface area contributed by atoms with Crippen molar-refractivity contribution in [3.05, 3.63) is 28.0 Å². The zero-order valence-electron chi connectivity index (χ0n) is 7.43. The molecule has 0 aliphatic heterocycles. The molecule has 2 N–H and O–H groups in total. The van der Waals surface area contributed by atoms with Crippen molar-refractivity contribution in [2.75, 3.05) is 0 Å². The van der Waals surface area contributed by atoms with Gasteiger partial charge in [0, 0.05) is 12.2 Å². The summed E-state index contributed by atoms with van der Waals surface area (Å²) in [6.07, 6.45) is 3.47. The Hall–Kier alpha value is -0.310. The van der Waals surface area contributed by atoms with E-state index in [1.165, 1.54) is 0 Å². The molecule has 4 heteroatoms. The van der Waals surface area contributed by atoms with Gasteiger partial charge in [0.2, 0.25) is 0 Å². The molecule has 0 radical (unpaired) electrons. The van der Waals surface area contributed by atoms with Crippen LogP contribution in [0.25, 0.3) is 0 Å². The number of nitrogens with two attached hydrogens (primary N) is 1. The molecular weight excluding hydrogens is 207 g/mol. The Morgan fingerprint density at radius 3 is 2.77 bits per heavy atom. The average Bonchev–Trinajstić information content (AvgIpc) is 2.04. The standard InChI is InChI=1S/C9H12Cl2N2/c1-2-3-8(12)9-7(11)4-6(10)5-13-9/h4-5,8H,2-3,12H2,1H3/t8-/m1/s1. The number of halogens is 2. The van der Waals surface area contributed by atoms with Gasteiger partial charge in [-0.2, -0.15) is 0 Å². The molecule has 1 atom stereocenters. The quantitative estimate of drug-likeness (QED) is 0.847. The summed E-state index contributed by atoms with van der Waals surface area (Å²) in [6, 6.07) is 1.58. The van der Waals surface area contributed by atoms with Gasteiger partial charge in [-0.3, -0.25) is 4.98 Å². The van der Waals surface area contributed by atoms with Gasteiger partial charge in [0.05, 0.1) is 15.7 Å². The Morgan fingerprint density at radius 1 is 1.54 bits per heavy atom. The predicted octanol–water partition coefficient (Wildman–Crippen LogP) is 3.19. The van der Waals surface area contributed by atoms with E-state index in [0.29, 0.717) is 10.0 Å². The number of nitrogens with zero attached hydrogens (tertiary/aromatic N) is 1. The zero-order chi connectivity index (χ0) is 9.84. The van der Waals surface area contributed by atoms with Crippen molar-refractivity contribution in [3.63, 3.8) is 0 Å². The lowest BCUT2D eigenvalue weighted by molar-refractivity contribution is 0.622. The Morgan fingerprint density at radius 2 is 2.23 bits per heavy atom. The van der Waals surface area contributed by atoms with E-state index in [-0.39, 0.29) is 6.04 Å². The van der Waals surface area contributed by atoms with Crippen LogP contribution in [0.4, 0.5) is 0 Å². The first-order valence-electron chi connectivity index (χ1n) is 4.21. The maximum atomic E-state index is 5.93. The zero-order valence-corrected chi connectivity index (χ0v) is 8.94. The third kappa shape index (κ3) is 2.83. The predicted molar refractivity (Wildman–Crippen MR) is 56.1 cm³/mol. The molecule has 0 aliphatic rings. The second-order valence-electron chi connectivity index (χ2n) is 2.92. The van der Waals surface area contributed by atoms with E-state index in [1.54, 1.807) is 12.3 Å². The van der Waals surface area contributed by atoms with Crippen LogP contribution in [0.3, 0.4) is 0 Å². The van der Waals surface area contributed by atoms with Gasteiger partial charge in [0.15, 0.2) is 0 Å². The van der Waals surface area contributed by atoms with E-state index < -0.39 is 0 Å². The molecule has 0 saturated carbocycles. The molecule has 0 aliphatic carbocycles. The van der Waals surface area contributed by atoms with Crippen LogP contribution in [0.2, 0.25) is 10.0 Å². The summed E-state index contributed by atoms with van der Waals surface area (Å²) in [5, 5.41) is 1.09. The van der Waals surface area contributed by atoms with Crippen LogP contribution < -0.4 is 5.73 Å². The SMILES string of the molecule is CCC[C@@H](N)c1ncc(Cl)cc1Cl. The number of hydrogen-bond donors (Lipinski definition) is 1. The Bertz CT molecular complexity index is 289. The molecule has 13 heavy (non-hydrogen) atoms. The molecule has 2 nitrogen and oxygen atoms in total. The highest BCUT2D eigenvalue weighted by Crippen LogP contribution is 2.24. The molecule has 0 aromatic carbocycles. The van der Waals surface area contributed by atoms with Gasteiger partial charge in [-0.15, -0.1) is 0 Å². The lowest BCUT2D eigenvalue weighted by atomic mass is 10.1. The van der Waals surface area contributed by atoms with E-state index >= 15 is 0 Å². The fraction of sp³-hybridized carbons (Fsp3) is 0.444. The smallest absolute Gasteiger partial charge is 0.0757 e. The van der Waals surface area contributed by atoms with Crippen molar-refractivity contribution in [1.82, 2.24) is 4.98 Å². The van der Waals surface area contributed by atoms with E-state index in [0.717, 1.165) is 18.5 Å². The fourth-order valence-corrected chi connectivity index (χ4v) is 1.67. The Labute approximate surface area is 88.1 Å². The summed E-state index contributed by atoms with van der Waals surface area (Å²) in [5.74, 6) is 0. The van der Waals surface area contributed by atoms with Gasteiger partial charge >= 0.3 is 0 Å². The van der Waals surface area contributed by atoms with E-state index in [1.807, 2.05) is 0 Å². The monoisotopic (exact) mass is 218 g/mol. The molecule has 0 unspecified atom stereocenters. The molecule has 1 aromatic heterocycles. The molecule has 0 amide bonds. The third-order valence-electron chi connectivity index (χ3n) is 1.79. The Kier molecular flexibility index (Phi) is 3.97. The van der Waals surface area contributed by atoms with Crippen LogP contribution in [0.15, 0.2) is 12.3 Å². The summed E-state index contributed by atoms with van der Waals surface area (Å²) in [7, 11) is 0. The van der Waals surface area contributed by atoms with Crippen LogP contribution in [0, 0.1) is 0 Å². The largest absolute Gasteiger partial charge is 0.323 e. The van der Waals surface area contributed by atoms with Gasteiger partial charge < -0.3 is 5.73 Å². The summed E-state index contributed by atoms with van der Waals surface area (Å²) in [4.78, 5) is 4.11. The lowest BCUT2D eigenvalue weighted by Gasteiger charge is -2.10. The average molecular weight is 219 g/mol. The molecule has 0 bridgehead atoms. The Balaban J connectivity index is 2.88. The van der Waals surface area contributed by atoms with Gasteiger partial charge in [0.1, 0.15) is 0 Å². The highest BCUT2D eigenvalue weighted by atomic mass is 35.5. The molecule has 0 saturated heterocycles. The summed E-state index contributed by atoms with van der Waals surface area (Å²) >= 11 is 11.6. The van der Waals surface area contributed by atoms with Crippen LogP contribution >= 0.6 is 23.2 Å². The normalized spacial score (nSPS) is 12.9. The number of rotatable bonds is 3. The minimum Gasteiger partial charge on any atom is -0.323 e. The van der Waals surface area contributed by atoms with Crippen molar-refractivity contribution in [1.29, 1.82) is 0 Å². The van der Waals surface area contributed by atoms with Gasteiger partial charge in [0.25, 0.3) is 0 Å². The lowest BCUT2D eigenvalue weighted by Crippen LogP contribution is -2.12. The fourth-order valence-electron chi connectivity index (χ4n) is 1.15. The molecule has 1 rings (SSSR count). The van der Waals surface area contributed by atoms with Crippen LogP contribution in [0.5, 0.6) is 0 Å². The van der Waals surface area contributed by atoms with Crippen LogP contribution in [-0.4, -0.2) is 4.98 Å². The highest BCUT2D eigenvalue weighted by Gasteiger charge is 2.10. The van der Waals surface area contributed by atoms with Crippen molar-refractivity contribution >= 4 is 23.2 Å². The molecular formula is C9H12Cl2N2. The maximum absolute atomic E-state index is 5.93. The second-order valence-corrected chi connectivity index (χ2v) is 3.76. The topological polar surface area (TPSA) is 38.9 Å². The summed E-state index contributed by atoms with van der Waals surface area (Å²) in [6.45, 7) is 2.07. The summed E-state index contributed by atoms with van der Waals surface area (Å²) < 4.78 is 0. The minimum absolute atomic E-state index is 0.0882. The van der Waals surface area contributed by atoms with Crippen molar-refractivity contribution in [2.45, 2.75) is 25.8 Å². The van der Waals surface area contributed by atoms with Gasteiger partial charge in [-0.05, 0) is 12.5 Å². The van der Waals surface area contributed by atoms with Crippen molar-refractivity contribution in [2.24, 2.45) is 5.73 Å². The highest BCUT2D eigenvalue weighted by molar-refractivity contribution is 6.34. The third-order valence-corrected chi connectivity index (χ3v) is 2.30. The van der Waals surface area contributed by atoms with Crippen LogP contribution in [-0.2, 0) is 0 Å². The van der Waals surface area contributed by atoms with E-state index in [2.05, 4.69) is 11.9 Å². The van der Waals surface area contributed by atoms with Crippen molar-refractivity contribution in [3.8, 4) is 0 Å². The second kappa shape index (κ2) is 4.80. The molecule has 72 valence electrons. The van der Waals surface area contributed by atoms with E-state index in [9.17, 15) is 0 Å². The first-order valence-corrected chi connectivity index (χ1v) is 4.97. The molecule has 1 aromatic rings. The maximum Gasteiger partial charge on any atom is 0.0757 e. The number of pyridine rings is 1. The number of hydrogen-bond acceptors (Lipinski definition) is 2.